The summed E-state index contributed by atoms with van der Waals surface area (Å²) in [6.45, 7) is 5.78. The SMILES string of the molecule is CC(C)(C)OC(=O)NC[C@H]1c2ccccc2C[C@H]1NC(=O)c1cc2cc(F)ccc2[nH]1. The molecule has 0 radical (unpaired) electrons. The van der Waals surface area contributed by atoms with Crippen LogP contribution in [0.4, 0.5) is 9.18 Å². The molecule has 4 rings (SSSR count). The highest BCUT2D eigenvalue weighted by molar-refractivity contribution is 5.98. The van der Waals surface area contributed by atoms with Crippen molar-refractivity contribution in [3.63, 3.8) is 0 Å². The maximum Gasteiger partial charge on any atom is 0.407 e. The quantitative estimate of drug-likeness (QED) is 0.586. The lowest BCUT2D eigenvalue weighted by Gasteiger charge is -2.24. The van der Waals surface area contributed by atoms with Crippen LogP contribution >= 0.6 is 0 Å². The van der Waals surface area contributed by atoms with Crippen LogP contribution in [0, 0.1) is 5.82 Å². The van der Waals surface area contributed by atoms with Gasteiger partial charge in [-0.3, -0.25) is 4.79 Å². The molecule has 0 saturated carbocycles. The topological polar surface area (TPSA) is 83.2 Å². The number of rotatable bonds is 4. The molecule has 0 saturated heterocycles. The smallest absolute Gasteiger partial charge is 0.407 e. The first-order chi connectivity index (χ1) is 14.7. The third-order valence-corrected chi connectivity index (χ3v) is 5.39. The summed E-state index contributed by atoms with van der Waals surface area (Å²) in [5, 5.41) is 6.56. The van der Waals surface area contributed by atoms with Gasteiger partial charge in [0.05, 0.1) is 0 Å². The molecule has 0 aliphatic heterocycles. The molecule has 2 aromatic carbocycles. The molecule has 1 aliphatic rings. The van der Waals surface area contributed by atoms with E-state index in [4.69, 9.17) is 4.74 Å². The van der Waals surface area contributed by atoms with Gasteiger partial charge in [0.25, 0.3) is 5.91 Å². The highest BCUT2D eigenvalue weighted by Gasteiger charge is 2.34. The van der Waals surface area contributed by atoms with Crippen LogP contribution in [0.2, 0.25) is 0 Å². The van der Waals surface area contributed by atoms with Crippen LogP contribution in [0.5, 0.6) is 0 Å². The van der Waals surface area contributed by atoms with E-state index in [1.165, 1.54) is 12.1 Å². The number of carbonyl (C=O) groups is 2. The van der Waals surface area contributed by atoms with E-state index in [-0.39, 0.29) is 23.7 Å². The first kappa shape index (κ1) is 20.9. The molecule has 6 nitrogen and oxygen atoms in total. The van der Waals surface area contributed by atoms with Gasteiger partial charge in [-0.1, -0.05) is 24.3 Å². The maximum absolute atomic E-state index is 13.5. The van der Waals surface area contributed by atoms with Gasteiger partial charge in [0.2, 0.25) is 0 Å². The lowest BCUT2D eigenvalue weighted by atomic mass is 9.98. The van der Waals surface area contributed by atoms with Gasteiger partial charge in [0.1, 0.15) is 17.1 Å². The van der Waals surface area contributed by atoms with Crippen molar-refractivity contribution in [3.05, 3.63) is 71.2 Å². The average molecular weight is 423 g/mol. The molecule has 162 valence electrons. The second-order valence-corrected chi connectivity index (χ2v) is 8.89. The Labute approximate surface area is 180 Å². The fourth-order valence-corrected chi connectivity index (χ4v) is 4.06. The van der Waals surface area contributed by atoms with Crippen LogP contribution in [0.15, 0.2) is 48.5 Å². The number of alkyl carbamates (subject to hydrolysis) is 1. The van der Waals surface area contributed by atoms with Gasteiger partial charge in [-0.05, 0) is 62.6 Å². The average Bonchev–Trinajstić information content (AvgIpc) is 3.25. The molecule has 3 N–H and O–H groups in total. The predicted molar refractivity (Wildman–Crippen MR) is 117 cm³/mol. The van der Waals surface area contributed by atoms with E-state index in [1.54, 1.807) is 12.1 Å². The Morgan fingerprint density at radius 3 is 2.71 bits per heavy atom. The summed E-state index contributed by atoms with van der Waals surface area (Å²) in [5.41, 5.74) is 2.73. The Bertz CT molecular complexity index is 1130. The van der Waals surface area contributed by atoms with Crippen molar-refractivity contribution < 1.29 is 18.7 Å². The van der Waals surface area contributed by atoms with E-state index in [1.807, 2.05) is 45.0 Å². The standard InChI is InChI=1S/C24H26FN3O3/c1-24(2,3)31-23(30)26-13-18-17-7-5-4-6-14(17)11-20(18)28-22(29)21-12-15-10-16(25)8-9-19(15)27-21/h4-10,12,18,20,27H,11,13H2,1-3H3,(H,26,30)(H,28,29)/t18-,20+/m0/s1. The second-order valence-electron chi connectivity index (χ2n) is 8.89. The van der Waals surface area contributed by atoms with E-state index >= 15 is 0 Å². The number of ether oxygens (including phenoxy) is 1. The highest BCUT2D eigenvalue weighted by atomic mass is 19.1. The zero-order valence-electron chi connectivity index (χ0n) is 17.8. The van der Waals surface area contributed by atoms with E-state index < -0.39 is 11.7 Å². The number of aromatic amines is 1. The Morgan fingerprint density at radius 1 is 1.16 bits per heavy atom. The summed E-state index contributed by atoms with van der Waals surface area (Å²) in [5.74, 6) is -0.704. The zero-order valence-corrected chi connectivity index (χ0v) is 17.8. The summed E-state index contributed by atoms with van der Waals surface area (Å²) in [4.78, 5) is 28.1. The molecule has 0 fully saturated rings. The van der Waals surface area contributed by atoms with Crippen molar-refractivity contribution in [2.75, 3.05) is 6.54 Å². The van der Waals surface area contributed by atoms with Crippen LogP contribution in [0.25, 0.3) is 10.9 Å². The van der Waals surface area contributed by atoms with Crippen molar-refractivity contribution in [1.29, 1.82) is 0 Å². The van der Waals surface area contributed by atoms with Gasteiger partial charge in [-0.25, -0.2) is 9.18 Å². The second kappa shape index (κ2) is 8.06. The van der Waals surface area contributed by atoms with Crippen molar-refractivity contribution in [2.45, 2.75) is 44.8 Å². The number of hydrogen-bond acceptors (Lipinski definition) is 3. The van der Waals surface area contributed by atoms with Crippen LogP contribution < -0.4 is 10.6 Å². The fraction of sp³-hybridized carbons (Fsp3) is 0.333. The van der Waals surface area contributed by atoms with E-state index in [0.29, 0.717) is 29.6 Å². The number of aromatic nitrogens is 1. The molecular formula is C24H26FN3O3. The number of amides is 2. The van der Waals surface area contributed by atoms with Gasteiger partial charge >= 0.3 is 6.09 Å². The van der Waals surface area contributed by atoms with E-state index in [2.05, 4.69) is 15.6 Å². The number of benzene rings is 2. The molecule has 1 aromatic heterocycles. The Hall–Kier alpha value is -3.35. The van der Waals surface area contributed by atoms with Gasteiger partial charge < -0.3 is 20.4 Å². The molecule has 3 aromatic rings. The lowest BCUT2D eigenvalue weighted by Crippen LogP contribution is -2.43. The summed E-state index contributed by atoms with van der Waals surface area (Å²) in [6, 6.07) is 13.8. The minimum absolute atomic E-state index is 0.0884. The first-order valence-corrected chi connectivity index (χ1v) is 10.3. The number of H-pyrrole nitrogens is 1. The monoisotopic (exact) mass is 423 g/mol. The molecule has 7 heteroatoms. The minimum atomic E-state index is -0.583. The largest absolute Gasteiger partial charge is 0.444 e. The normalized spacial score (nSPS) is 17.9. The van der Waals surface area contributed by atoms with Crippen LogP contribution in [-0.2, 0) is 11.2 Å². The number of fused-ring (bicyclic) bond motifs is 2. The third-order valence-electron chi connectivity index (χ3n) is 5.39. The van der Waals surface area contributed by atoms with Crippen LogP contribution in [0.3, 0.4) is 0 Å². The summed E-state index contributed by atoms with van der Waals surface area (Å²) in [6.07, 6.45) is 0.178. The molecular weight excluding hydrogens is 397 g/mol. The maximum atomic E-state index is 13.5. The molecule has 1 heterocycles. The van der Waals surface area contributed by atoms with E-state index in [0.717, 1.165) is 11.1 Å². The number of carbonyl (C=O) groups excluding carboxylic acids is 2. The van der Waals surface area contributed by atoms with Crippen LogP contribution in [0.1, 0.15) is 48.3 Å². The lowest BCUT2D eigenvalue weighted by molar-refractivity contribution is 0.0523. The van der Waals surface area contributed by atoms with Gasteiger partial charge in [0, 0.05) is 29.4 Å². The fourth-order valence-electron chi connectivity index (χ4n) is 4.06. The van der Waals surface area contributed by atoms with Gasteiger partial charge in [0.15, 0.2) is 0 Å². The highest BCUT2D eigenvalue weighted by Crippen LogP contribution is 2.33. The Kier molecular flexibility index (Phi) is 5.43. The molecule has 1 aliphatic carbocycles. The summed E-state index contributed by atoms with van der Waals surface area (Å²) < 4.78 is 18.8. The van der Waals surface area contributed by atoms with Gasteiger partial charge in [-0.2, -0.15) is 0 Å². The number of halogens is 1. The molecule has 2 atom stereocenters. The first-order valence-electron chi connectivity index (χ1n) is 10.3. The summed E-state index contributed by atoms with van der Waals surface area (Å²) in [7, 11) is 0. The van der Waals surface area contributed by atoms with E-state index in [9.17, 15) is 14.0 Å². The van der Waals surface area contributed by atoms with Gasteiger partial charge in [-0.15, -0.1) is 0 Å². The van der Waals surface area contributed by atoms with Crippen molar-refractivity contribution >= 4 is 22.9 Å². The molecule has 0 spiro atoms. The van der Waals surface area contributed by atoms with Crippen LogP contribution in [-0.4, -0.2) is 35.2 Å². The Morgan fingerprint density at radius 2 is 1.94 bits per heavy atom. The molecule has 0 unspecified atom stereocenters. The minimum Gasteiger partial charge on any atom is -0.444 e. The number of hydrogen-bond donors (Lipinski definition) is 3. The Balaban J connectivity index is 1.50. The molecule has 0 bridgehead atoms. The van der Waals surface area contributed by atoms with Crippen molar-refractivity contribution in [1.82, 2.24) is 15.6 Å². The van der Waals surface area contributed by atoms with Crippen molar-refractivity contribution in [2.24, 2.45) is 0 Å². The summed E-state index contributed by atoms with van der Waals surface area (Å²) >= 11 is 0. The predicted octanol–water partition coefficient (Wildman–Crippen LogP) is 4.27. The van der Waals surface area contributed by atoms with Crippen molar-refractivity contribution in [3.8, 4) is 0 Å². The third kappa shape index (κ3) is 4.71. The zero-order chi connectivity index (χ0) is 22.2. The molecule has 31 heavy (non-hydrogen) atoms. The number of nitrogens with one attached hydrogen (secondary N) is 3. The molecule has 2 amide bonds.